The molecule has 1 aromatic heterocycles. The summed E-state index contributed by atoms with van der Waals surface area (Å²) in [5, 5.41) is 13.9. The highest BCUT2D eigenvalue weighted by Crippen LogP contribution is 2.41. The van der Waals surface area contributed by atoms with Crippen LogP contribution in [0.4, 0.5) is 0 Å². The summed E-state index contributed by atoms with van der Waals surface area (Å²) in [7, 11) is 0. The fraction of sp³-hybridized carbons (Fsp3) is 0.357. The first-order valence-corrected chi connectivity index (χ1v) is 7.26. The van der Waals surface area contributed by atoms with Gasteiger partial charge < -0.3 is 15.4 Å². The Hall–Kier alpha value is -1.33. The van der Waals surface area contributed by atoms with Crippen molar-refractivity contribution in [1.29, 1.82) is 0 Å². The van der Waals surface area contributed by atoms with Crippen molar-refractivity contribution in [2.45, 2.75) is 31.3 Å². The zero-order chi connectivity index (χ0) is 13.1. The molecule has 2 unspecified atom stereocenters. The van der Waals surface area contributed by atoms with Gasteiger partial charge in [0.15, 0.2) is 0 Å². The number of halogens is 1. The summed E-state index contributed by atoms with van der Waals surface area (Å²) in [6.45, 7) is 0. The molecule has 1 saturated heterocycles. The molecule has 98 valence electrons. The van der Waals surface area contributed by atoms with E-state index in [0.29, 0.717) is 17.6 Å². The van der Waals surface area contributed by atoms with E-state index in [9.17, 15) is 9.90 Å². The Morgan fingerprint density at radius 2 is 2.21 bits per heavy atom. The number of benzene rings is 1. The number of carboxylic acid groups (broad SMARTS) is 1. The van der Waals surface area contributed by atoms with Crippen LogP contribution < -0.4 is 5.32 Å². The molecule has 0 amide bonds. The van der Waals surface area contributed by atoms with Crippen LogP contribution in [-0.4, -0.2) is 22.1 Å². The molecule has 19 heavy (non-hydrogen) atoms. The van der Waals surface area contributed by atoms with Gasteiger partial charge in [0, 0.05) is 39.6 Å². The summed E-state index contributed by atoms with van der Waals surface area (Å²) in [5.74, 6) is -0.867. The van der Waals surface area contributed by atoms with Crippen molar-refractivity contribution in [2.75, 3.05) is 0 Å². The fourth-order valence-electron chi connectivity index (χ4n) is 3.54. The predicted octanol–water partition coefficient (Wildman–Crippen LogP) is 2.98. The lowest BCUT2D eigenvalue weighted by Gasteiger charge is -2.22. The maximum atomic E-state index is 11.5. The normalized spacial score (nSPS) is 24.7. The van der Waals surface area contributed by atoms with Gasteiger partial charge in [-0.2, -0.15) is 0 Å². The minimum Gasteiger partial charge on any atom is -0.478 e. The Morgan fingerprint density at radius 1 is 1.37 bits per heavy atom. The van der Waals surface area contributed by atoms with Crippen molar-refractivity contribution in [2.24, 2.45) is 0 Å². The molecule has 4 nitrogen and oxygen atoms in total. The smallest absolute Gasteiger partial charge is 0.336 e. The van der Waals surface area contributed by atoms with Gasteiger partial charge in [-0.1, -0.05) is 15.9 Å². The standard InChI is InChI=1S/C14H13BrN2O2/c15-6-3-8(14(18)19)12-10(4-6)17-11-5-7-1-2-9(16-7)13(11)12/h3-4,7,9,16-17H,1-2,5H2,(H,18,19). The number of aromatic amines is 1. The number of hydrogen-bond acceptors (Lipinski definition) is 2. The quantitative estimate of drug-likeness (QED) is 0.756. The average Bonchev–Trinajstić information content (AvgIpc) is 2.90. The SMILES string of the molecule is O=C(O)c1cc(Br)cc2[nH]c3c(c12)C1CCC(C3)N1. The minimum absolute atomic E-state index is 0.307. The molecule has 2 aliphatic rings. The van der Waals surface area contributed by atoms with Crippen LogP contribution in [0.15, 0.2) is 16.6 Å². The Bertz CT molecular complexity index is 707. The lowest BCUT2D eigenvalue weighted by atomic mass is 9.96. The second-order valence-corrected chi connectivity index (χ2v) is 6.31. The van der Waals surface area contributed by atoms with E-state index >= 15 is 0 Å². The van der Waals surface area contributed by atoms with Crippen LogP contribution in [0.3, 0.4) is 0 Å². The van der Waals surface area contributed by atoms with E-state index < -0.39 is 5.97 Å². The number of rotatable bonds is 1. The zero-order valence-electron chi connectivity index (χ0n) is 10.2. The molecule has 2 aromatic rings. The first-order chi connectivity index (χ1) is 9.13. The maximum Gasteiger partial charge on any atom is 0.336 e. The Kier molecular flexibility index (Phi) is 2.32. The van der Waals surface area contributed by atoms with Gasteiger partial charge in [0.1, 0.15) is 0 Å². The van der Waals surface area contributed by atoms with E-state index in [1.54, 1.807) is 6.07 Å². The van der Waals surface area contributed by atoms with E-state index in [0.717, 1.165) is 28.2 Å². The summed E-state index contributed by atoms with van der Waals surface area (Å²) in [4.78, 5) is 14.9. The molecular formula is C14H13BrN2O2. The molecule has 0 radical (unpaired) electrons. The highest BCUT2D eigenvalue weighted by molar-refractivity contribution is 9.10. The second kappa shape index (κ2) is 3.84. The molecule has 2 bridgehead atoms. The van der Waals surface area contributed by atoms with Gasteiger partial charge in [0.2, 0.25) is 0 Å². The lowest BCUT2D eigenvalue weighted by molar-refractivity contribution is 0.0699. The first-order valence-electron chi connectivity index (χ1n) is 6.47. The van der Waals surface area contributed by atoms with E-state index in [4.69, 9.17) is 0 Å². The van der Waals surface area contributed by atoms with Crippen molar-refractivity contribution in [3.05, 3.63) is 33.4 Å². The van der Waals surface area contributed by atoms with Crippen LogP contribution in [0.25, 0.3) is 10.9 Å². The van der Waals surface area contributed by atoms with Crippen LogP contribution in [0, 0.1) is 0 Å². The summed E-state index contributed by atoms with van der Waals surface area (Å²) < 4.78 is 0.800. The number of hydrogen-bond donors (Lipinski definition) is 3. The first kappa shape index (κ1) is 11.5. The van der Waals surface area contributed by atoms with Crippen LogP contribution >= 0.6 is 15.9 Å². The minimum atomic E-state index is -0.867. The Balaban J connectivity index is 2.07. The van der Waals surface area contributed by atoms with Gasteiger partial charge in [-0.3, -0.25) is 0 Å². The number of aromatic nitrogens is 1. The van der Waals surface area contributed by atoms with Gasteiger partial charge in [-0.05, 0) is 30.5 Å². The highest BCUT2D eigenvalue weighted by atomic mass is 79.9. The van der Waals surface area contributed by atoms with Gasteiger partial charge in [0.25, 0.3) is 0 Å². The molecule has 1 aromatic carbocycles. The average molecular weight is 321 g/mol. The number of nitrogens with one attached hydrogen (secondary N) is 2. The van der Waals surface area contributed by atoms with Crippen LogP contribution in [0.2, 0.25) is 0 Å². The monoisotopic (exact) mass is 320 g/mol. The van der Waals surface area contributed by atoms with Crippen molar-refractivity contribution < 1.29 is 9.90 Å². The van der Waals surface area contributed by atoms with Gasteiger partial charge in [-0.25, -0.2) is 4.79 Å². The van der Waals surface area contributed by atoms with Crippen LogP contribution in [-0.2, 0) is 6.42 Å². The van der Waals surface area contributed by atoms with Gasteiger partial charge in [-0.15, -0.1) is 0 Å². The second-order valence-electron chi connectivity index (χ2n) is 5.40. The maximum absolute atomic E-state index is 11.5. The number of H-pyrrole nitrogens is 1. The Morgan fingerprint density at radius 3 is 3.00 bits per heavy atom. The van der Waals surface area contributed by atoms with E-state index in [-0.39, 0.29) is 0 Å². The summed E-state index contributed by atoms with van der Waals surface area (Å²) in [5.41, 5.74) is 3.69. The molecule has 2 atom stereocenters. The lowest BCUT2D eigenvalue weighted by Crippen LogP contribution is -2.31. The number of fused-ring (bicyclic) bond motifs is 6. The molecule has 2 aliphatic heterocycles. The number of carboxylic acids is 1. The van der Waals surface area contributed by atoms with E-state index in [1.807, 2.05) is 6.07 Å². The predicted molar refractivity (Wildman–Crippen MR) is 75.6 cm³/mol. The van der Waals surface area contributed by atoms with Crippen molar-refractivity contribution >= 4 is 32.8 Å². The third kappa shape index (κ3) is 1.58. The summed E-state index contributed by atoms with van der Waals surface area (Å²) in [6.07, 6.45) is 3.24. The summed E-state index contributed by atoms with van der Waals surface area (Å²) >= 11 is 3.39. The molecular weight excluding hydrogens is 308 g/mol. The Labute approximate surface area is 118 Å². The van der Waals surface area contributed by atoms with Crippen molar-refractivity contribution in [1.82, 2.24) is 10.3 Å². The van der Waals surface area contributed by atoms with Crippen molar-refractivity contribution in [3.63, 3.8) is 0 Å². The molecule has 0 saturated carbocycles. The number of aromatic carboxylic acids is 1. The molecule has 4 rings (SSSR count). The zero-order valence-corrected chi connectivity index (χ0v) is 11.8. The fourth-order valence-corrected chi connectivity index (χ4v) is 4.00. The van der Waals surface area contributed by atoms with Crippen molar-refractivity contribution in [3.8, 4) is 0 Å². The topological polar surface area (TPSA) is 65.1 Å². The number of carbonyl (C=O) groups is 1. The molecule has 1 fully saturated rings. The van der Waals surface area contributed by atoms with Gasteiger partial charge in [0.05, 0.1) is 5.56 Å². The van der Waals surface area contributed by atoms with Crippen LogP contribution in [0.1, 0.15) is 40.5 Å². The molecule has 3 heterocycles. The third-order valence-corrected chi connectivity index (χ3v) is 4.71. The molecule has 5 heteroatoms. The van der Waals surface area contributed by atoms with E-state index in [2.05, 4.69) is 26.2 Å². The highest BCUT2D eigenvalue weighted by Gasteiger charge is 2.35. The van der Waals surface area contributed by atoms with Crippen LogP contribution in [0.5, 0.6) is 0 Å². The molecule has 0 spiro atoms. The largest absolute Gasteiger partial charge is 0.478 e. The van der Waals surface area contributed by atoms with E-state index in [1.165, 1.54) is 17.7 Å². The molecule has 0 aliphatic carbocycles. The molecule has 3 N–H and O–H groups in total. The summed E-state index contributed by atoms with van der Waals surface area (Å²) in [6, 6.07) is 4.51. The third-order valence-electron chi connectivity index (χ3n) is 4.25. The van der Waals surface area contributed by atoms with Gasteiger partial charge >= 0.3 is 5.97 Å².